The minimum Gasteiger partial charge on any atom is -0.493 e. The molecule has 9 nitrogen and oxygen atoms in total. The van der Waals surface area contributed by atoms with Gasteiger partial charge in [-0.3, -0.25) is 9.88 Å². The van der Waals surface area contributed by atoms with Gasteiger partial charge in [-0.2, -0.15) is 5.26 Å². The van der Waals surface area contributed by atoms with E-state index >= 15 is 8.78 Å². The number of hydrogen-bond donors (Lipinski definition) is 3. The van der Waals surface area contributed by atoms with E-state index in [2.05, 4.69) is 10.3 Å². The molecule has 3 N–H and O–H groups in total. The predicted octanol–water partition coefficient (Wildman–Crippen LogP) is 3.89. The Morgan fingerprint density at radius 3 is 2.38 bits per heavy atom. The minimum atomic E-state index is -1.58. The van der Waals surface area contributed by atoms with Gasteiger partial charge in [-0.15, -0.1) is 0 Å². The number of pyridine rings is 1. The number of aliphatic hydroxyl groups is 1. The maximum atomic E-state index is 15.4. The molecule has 0 fully saturated rings. The molecular weight excluding hydrogens is 482 g/mol. The highest BCUT2D eigenvalue weighted by molar-refractivity contribution is 6.07. The lowest BCUT2D eigenvalue weighted by Crippen LogP contribution is -2.50. The Bertz CT molecular complexity index is 1380. The lowest BCUT2D eigenvalue weighted by molar-refractivity contribution is 0.165. The topological polar surface area (TPSA) is 118 Å². The van der Waals surface area contributed by atoms with Crippen LogP contribution in [-0.2, 0) is 6.54 Å². The summed E-state index contributed by atoms with van der Waals surface area (Å²) < 4.78 is 41.0. The van der Waals surface area contributed by atoms with Gasteiger partial charge in [0.1, 0.15) is 5.69 Å². The van der Waals surface area contributed by atoms with Crippen molar-refractivity contribution < 1.29 is 23.4 Å². The number of hydrogen-bond acceptors (Lipinski definition) is 9. The number of nitrogens with one attached hydrogen (secondary N) is 2. The summed E-state index contributed by atoms with van der Waals surface area (Å²) >= 11 is 0. The van der Waals surface area contributed by atoms with E-state index in [4.69, 9.17) is 14.9 Å². The van der Waals surface area contributed by atoms with Crippen LogP contribution in [0.25, 0.3) is 5.57 Å². The van der Waals surface area contributed by atoms with Crippen molar-refractivity contribution in [2.24, 2.45) is 0 Å². The molecule has 0 amide bonds. The fourth-order valence-corrected chi connectivity index (χ4v) is 4.14. The highest BCUT2D eigenvalue weighted by Gasteiger charge is 2.37. The van der Waals surface area contributed by atoms with Crippen LogP contribution in [0.5, 0.6) is 11.5 Å². The van der Waals surface area contributed by atoms with E-state index in [0.717, 1.165) is 17.2 Å². The number of benzene rings is 2. The third-order valence-corrected chi connectivity index (χ3v) is 5.94. The third kappa shape index (κ3) is 4.50. The number of aliphatic hydroxyl groups excluding tert-OH is 1. The van der Waals surface area contributed by atoms with Crippen LogP contribution in [0.3, 0.4) is 0 Å². The van der Waals surface area contributed by atoms with Crippen molar-refractivity contribution in [2.75, 3.05) is 31.1 Å². The smallest absolute Gasteiger partial charge is 0.212 e. The zero-order chi connectivity index (χ0) is 26.7. The van der Waals surface area contributed by atoms with E-state index in [9.17, 15) is 10.4 Å². The van der Waals surface area contributed by atoms with E-state index < -0.39 is 23.7 Å². The average molecular weight is 507 g/mol. The summed E-state index contributed by atoms with van der Waals surface area (Å²) in [7, 11) is 4.18. The molecule has 37 heavy (non-hydrogen) atoms. The fraction of sp³-hybridized carbons (Fsp3) is 0.192. The number of halogens is 2. The van der Waals surface area contributed by atoms with Gasteiger partial charge in [0, 0.05) is 48.5 Å². The van der Waals surface area contributed by atoms with E-state index in [1.54, 1.807) is 43.6 Å². The molecule has 2 heterocycles. The second kappa shape index (κ2) is 10.5. The molecule has 1 aliphatic rings. The molecule has 1 aromatic heterocycles. The number of anilines is 3. The van der Waals surface area contributed by atoms with Crippen LogP contribution in [0, 0.1) is 28.4 Å². The van der Waals surface area contributed by atoms with Crippen LogP contribution in [0.4, 0.5) is 25.8 Å². The quantitative estimate of drug-likeness (QED) is 0.413. The zero-order valence-electron chi connectivity index (χ0n) is 20.3. The van der Waals surface area contributed by atoms with Crippen molar-refractivity contribution in [1.29, 1.82) is 10.7 Å². The van der Waals surface area contributed by atoms with Crippen molar-refractivity contribution in [3.05, 3.63) is 77.3 Å². The molecule has 0 bridgehead atoms. The first-order valence-electron chi connectivity index (χ1n) is 11.1. The monoisotopic (exact) mass is 506 g/mol. The molecule has 190 valence electrons. The van der Waals surface area contributed by atoms with Crippen molar-refractivity contribution in [3.8, 4) is 17.6 Å². The molecule has 0 radical (unpaired) electrons. The SMILES string of the molecule is CN/C=C(\C=N)c1cc2c(cn1)CN(c1c(F)c(OC)cc(OC)c1F)C(O)N2c1ccc(C#N)cc1. The summed E-state index contributed by atoms with van der Waals surface area (Å²) in [5, 5.41) is 31.3. The molecule has 0 saturated heterocycles. The van der Waals surface area contributed by atoms with Gasteiger partial charge in [-0.05, 0) is 30.3 Å². The molecule has 2 aromatic carbocycles. The predicted molar refractivity (Wildman–Crippen MR) is 135 cm³/mol. The highest BCUT2D eigenvalue weighted by atomic mass is 19.1. The first-order valence-corrected chi connectivity index (χ1v) is 11.1. The average Bonchev–Trinajstić information content (AvgIpc) is 2.92. The first-order chi connectivity index (χ1) is 17.9. The summed E-state index contributed by atoms with van der Waals surface area (Å²) in [6, 6.07) is 11.2. The van der Waals surface area contributed by atoms with Gasteiger partial charge in [-0.1, -0.05) is 0 Å². The molecule has 1 atom stereocenters. The van der Waals surface area contributed by atoms with Gasteiger partial charge in [-0.25, -0.2) is 8.78 Å². The second-order valence-corrected chi connectivity index (χ2v) is 7.99. The van der Waals surface area contributed by atoms with Gasteiger partial charge < -0.3 is 30.2 Å². The number of fused-ring (bicyclic) bond motifs is 1. The van der Waals surface area contributed by atoms with Crippen molar-refractivity contribution in [1.82, 2.24) is 10.3 Å². The molecule has 0 aliphatic carbocycles. The molecule has 0 saturated carbocycles. The molecule has 11 heteroatoms. The first kappa shape index (κ1) is 25.4. The Balaban J connectivity index is 1.94. The van der Waals surface area contributed by atoms with Gasteiger partial charge in [0.25, 0.3) is 0 Å². The molecule has 1 aliphatic heterocycles. The number of allylic oxidation sites excluding steroid dienone is 1. The normalized spacial score (nSPS) is 15.1. The summed E-state index contributed by atoms with van der Waals surface area (Å²) in [5.74, 6) is -2.51. The van der Waals surface area contributed by atoms with Gasteiger partial charge >= 0.3 is 0 Å². The van der Waals surface area contributed by atoms with Crippen molar-refractivity contribution >= 4 is 28.8 Å². The van der Waals surface area contributed by atoms with Crippen molar-refractivity contribution in [2.45, 2.75) is 12.9 Å². The molecule has 4 rings (SSSR count). The summed E-state index contributed by atoms with van der Waals surface area (Å²) in [6.45, 7) is -0.101. The Kier molecular flexibility index (Phi) is 7.22. The maximum absolute atomic E-state index is 15.4. The van der Waals surface area contributed by atoms with E-state index in [0.29, 0.717) is 33.8 Å². The van der Waals surface area contributed by atoms with Crippen LogP contribution >= 0.6 is 0 Å². The summed E-state index contributed by atoms with van der Waals surface area (Å²) in [6.07, 6.45) is 2.69. The Morgan fingerprint density at radius 1 is 1.19 bits per heavy atom. The third-order valence-electron chi connectivity index (χ3n) is 5.94. The fourth-order valence-electron chi connectivity index (χ4n) is 4.14. The van der Waals surface area contributed by atoms with E-state index in [-0.39, 0.29) is 18.0 Å². The number of nitriles is 1. The van der Waals surface area contributed by atoms with E-state index in [1.165, 1.54) is 25.3 Å². The second-order valence-electron chi connectivity index (χ2n) is 7.99. The lowest BCUT2D eigenvalue weighted by atomic mass is 10.0. The largest absolute Gasteiger partial charge is 0.493 e. The maximum Gasteiger partial charge on any atom is 0.212 e. The van der Waals surface area contributed by atoms with E-state index in [1.807, 2.05) is 6.07 Å². The molecule has 0 spiro atoms. The number of aromatic nitrogens is 1. The van der Waals surface area contributed by atoms with Gasteiger partial charge in [0.05, 0.1) is 43.8 Å². The van der Waals surface area contributed by atoms with Gasteiger partial charge in [0.15, 0.2) is 23.1 Å². The van der Waals surface area contributed by atoms with Crippen LogP contribution in [0.15, 0.2) is 48.8 Å². The highest BCUT2D eigenvalue weighted by Crippen LogP contribution is 2.44. The molecule has 3 aromatic rings. The standard InChI is InChI=1S/C26H24F2N6O3/c1-31-12-16(11-30)19-8-20-17(13-32-19)14-33(25-23(27)21(36-2)9-22(37-3)24(25)28)26(35)34(20)18-6-4-15(10-29)5-7-18/h4-9,11-13,26,30-31,35H,14H2,1-3H3/b16-12+,30-11?. The number of methoxy groups -OCH3 is 2. The van der Waals surface area contributed by atoms with Crippen molar-refractivity contribution in [3.63, 3.8) is 0 Å². The number of ether oxygens (including phenoxy) is 2. The van der Waals surface area contributed by atoms with Crippen LogP contribution in [0.2, 0.25) is 0 Å². The summed E-state index contributed by atoms with van der Waals surface area (Å²) in [4.78, 5) is 7.03. The Morgan fingerprint density at radius 2 is 1.84 bits per heavy atom. The van der Waals surface area contributed by atoms with Crippen LogP contribution in [-0.4, -0.2) is 43.9 Å². The Hall–Kier alpha value is -4.69. The van der Waals surface area contributed by atoms with Crippen LogP contribution in [0.1, 0.15) is 16.8 Å². The lowest BCUT2D eigenvalue weighted by Gasteiger charge is -2.44. The summed E-state index contributed by atoms with van der Waals surface area (Å²) in [5.41, 5.74) is 2.32. The Labute approximate surface area is 212 Å². The van der Waals surface area contributed by atoms with Gasteiger partial charge in [0.2, 0.25) is 6.35 Å². The zero-order valence-corrected chi connectivity index (χ0v) is 20.3. The number of rotatable bonds is 7. The molecular formula is C26H24F2N6O3. The minimum absolute atomic E-state index is 0.101. The number of nitrogens with zero attached hydrogens (tertiary/aromatic N) is 4. The molecule has 1 unspecified atom stereocenters. The van der Waals surface area contributed by atoms with Crippen LogP contribution < -0.4 is 24.6 Å².